The van der Waals surface area contributed by atoms with Gasteiger partial charge in [-0.05, 0) is 26.0 Å². The summed E-state index contributed by atoms with van der Waals surface area (Å²) in [5.74, 6) is 1.70. The normalized spacial score (nSPS) is 10.5. The van der Waals surface area contributed by atoms with E-state index < -0.39 is 0 Å². The van der Waals surface area contributed by atoms with Crippen molar-refractivity contribution in [3.63, 3.8) is 0 Å². The highest BCUT2D eigenvalue weighted by Crippen LogP contribution is 2.23. The summed E-state index contributed by atoms with van der Waals surface area (Å²) in [5.41, 5.74) is 0.921. The summed E-state index contributed by atoms with van der Waals surface area (Å²) < 4.78 is 7.72. The van der Waals surface area contributed by atoms with Crippen molar-refractivity contribution in [2.75, 3.05) is 0 Å². The molecular formula is C13H15ClN2O. The lowest BCUT2D eigenvalue weighted by atomic mass is 10.3. The standard InChI is InChI=1S/C13H15ClN2O/c1-3-16-8-11(15-10(16)2)9-17-13-7-5-4-6-12(13)14/h4-8H,3,9H2,1-2H3. The summed E-state index contributed by atoms with van der Waals surface area (Å²) in [7, 11) is 0. The van der Waals surface area contributed by atoms with Crippen molar-refractivity contribution in [2.45, 2.75) is 27.0 Å². The van der Waals surface area contributed by atoms with Crippen LogP contribution in [0.4, 0.5) is 0 Å². The minimum atomic E-state index is 0.442. The minimum Gasteiger partial charge on any atom is -0.486 e. The zero-order valence-electron chi connectivity index (χ0n) is 9.98. The molecule has 17 heavy (non-hydrogen) atoms. The fraction of sp³-hybridized carbons (Fsp3) is 0.308. The molecule has 1 aromatic carbocycles. The molecule has 0 fully saturated rings. The van der Waals surface area contributed by atoms with Crippen molar-refractivity contribution in [2.24, 2.45) is 0 Å². The zero-order valence-corrected chi connectivity index (χ0v) is 10.7. The lowest BCUT2D eigenvalue weighted by molar-refractivity contribution is 0.302. The first-order valence-electron chi connectivity index (χ1n) is 5.60. The molecule has 1 heterocycles. The van der Waals surface area contributed by atoms with Crippen LogP contribution in [0.5, 0.6) is 5.75 Å². The van der Waals surface area contributed by atoms with Gasteiger partial charge in [-0.25, -0.2) is 4.98 Å². The largest absolute Gasteiger partial charge is 0.486 e. The van der Waals surface area contributed by atoms with Crippen molar-refractivity contribution >= 4 is 11.6 Å². The quantitative estimate of drug-likeness (QED) is 0.831. The van der Waals surface area contributed by atoms with Crippen LogP contribution >= 0.6 is 11.6 Å². The summed E-state index contributed by atoms with van der Waals surface area (Å²) in [4.78, 5) is 4.42. The Kier molecular flexibility index (Phi) is 3.69. The van der Waals surface area contributed by atoms with E-state index in [4.69, 9.17) is 16.3 Å². The smallest absolute Gasteiger partial charge is 0.138 e. The Morgan fingerprint density at radius 2 is 2.12 bits per heavy atom. The molecule has 0 amide bonds. The van der Waals surface area contributed by atoms with E-state index in [0.717, 1.165) is 18.1 Å². The number of imidazole rings is 1. The highest BCUT2D eigenvalue weighted by Gasteiger charge is 2.05. The minimum absolute atomic E-state index is 0.442. The van der Waals surface area contributed by atoms with E-state index in [9.17, 15) is 0 Å². The maximum absolute atomic E-state index is 6.00. The Labute approximate surface area is 106 Å². The molecule has 1 aromatic heterocycles. The molecule has 0 bridgehead atoms. The number of nitrogens with zero attached hydrogens (tertiary/aromatic N) is 2. The molecule has 3 nitrogen and oxygen atoms in total. The van der Waals surface area contributed by atoms with Gasteiger partial charge >= 0.3 is 0 Å². The van der Waals surface area contributed by atoms with Crippen molar-refractivity contribution in [1.82, 2.24) is 9.55 Å². The molecule has 0 spiro atoms. The fourth-order valence-electron chi connectivity index (χ4n) is 1.68. The second kappa shape index (κ2) is 5.23. The average molecular weight is 251 g/mol. The van der Waals surface area contributed by atoms with E-state index in [1.165, 1.54) is 0 Å². The Bertz CT molecular complexity index is 508. The third-order valence-corrected chi connectivity index (χ3v) is 2.89. The lowest BCUT2D eigenvalue weighted by Crippen LogP contribution is -1.96. The van der Waals surface area contributed by atoms with Gasteiger partial charge in [0.25, 0.3) is 0 Å². The predicted octanol–water partition coefficient (Wildman–Crippen LogP) is 3.44. The van der Waals surface area contributed by atoms with Crippen LogP contribution in [0.1, 0.15) is 18.4 Å². The number of halogens is 1. The molecule has 0 aliphatic rings. The molecule has 2 rings (SSSR count). The van der Waals surface area contributed by atoms with Gasteiger partial charge in [-0.3, -0.25) is 0 Å². The van der Waals surface area contributed by atoms with E-state index in [0.29, 0.717) is 17.4 Å². The Hall–Kier alpha value is -1.48. The van der Waals surface area contributed by atoms with Gasteiger partial charge in [-0.1, -0.05) is 23.7 Å². The molecule has 0 N–H and O–H groups in total. The summed E-state index contributed by atoms with van der Waals surface area (Å²) >= 11 is 6.00. The van der Waals surface area contributed by atoms with Gasteiger partial charge in [0.2, 0.25) is 0 Å². The van der Waals surface area contributed by atoms with Gasteiger partial charge in [0, 0.05) is 12.7 Å². The summed E-state index contributed by atoms with van der Waals surface area (Å²) in [6.07, 6.45) is 2.01. The SMILES string of the molecule is CCn1cc(COc2ccccc2Cl)nc1C. The van der Waals surface area contributed by atoms with Crippen molar-refractivity contribution in [3.05, 3.63) is 47.0 Å². The molecule has 0 unspecified atom stereocenters. The second-order valence-electron chi connectivity index (χ2n) is 3.78. The molecule has 0 saturated heterocycles. The van der Waals surface area contributed by atoms with Crippen LogP contribution in [0.15, 0.2) is 30.5 Å². The Morgan fingerprint density at radius 1 is 1.35 bits per heavy atom. The van der Waals surface area contributed by atoms with Crippen LogP contribution < -0.4 is 4.74 Å². The highest BCUT2D eigenvalue weighted by molar-refractivity contribution is 6.32. The number of ether oxygens (including phenoxy) is 1. The van der Waals surface area contributed by atoms with Crippen molar-refractivity contribution in [1.29, 1.82) is 0 Å². The molecular weight excluding hydrogens is 236 g/mol. The molecule has 0 radical (unpaired) electrons. The van der Waals surface area contributed by atoms with Gasteiger partial charge in [-0.2, -0.15) is 0 Å². The Balaban J connectivity index is 2.05. The van der Waals surface area contributed by atoms with E-state index in [2.05, 4.69) is 16.5 Å². The van der Waals surface area contributed by atoms with E-state index >= 15 is 0 Å². The number of hydrogen-bond donors (Lipinski definition) is 0. The van der Waals surface area contributed by atoms with Gasteiger partial charge < -0.3 is 9.30 Å². The van der Waals surface area contributed by atoms with Crippen LogP contribution in [-0.2, 0) is 13.2 Å². The molecule has 0 aliphatic carbocycles. The van der Waals surface area contributed by atoms with E-state index in [-0.39, 0.29) is 0 Å². The van der Waals surface area contributed by atoms with E-state index in [1.807, 2.05) is 37.4 Å². The van der Waals surface area contributed by atoms with Crippen LogP contribution in [0.25, 0.3) is 0 Å². The van der Waals surface area contributed by atoms with E-state index in [1.54, 1.807) is 0 Å². The monoisotopic (exact) mass is 250 g/mol. The first-order valence-corrected chi connectivity index (χ1v) is 5.98. The zero-order chi connectivity index (χ0) is 12.3. The first kappa shape index (κ1) is 12.0. The number of para-hydroxylation sites is 1. The number of rotatable bonds is 4. The maximum Gasteiger partial charge on any atom is 0.138 e. The van der Waals surface area contributed by atoms with Gasteiger partial charge in [-0.15, -0.1) is 0 Å². The molecule has 90 valence electrons. The molecule has 4 heteroatoms. The summed E-state index contributed by atoms with van der Waals surface area (Å²) in [6, 6.07) is 7.45. The first-order chi connectivity index (χ1) is 8.20. The second-order valence-corrected chi connectivity index (χ2v) is 4.19. The van der Waals surface area contributed by atoms with Crippen LogP contribution in [0, 0.1) is 6.92 Å². The molecule has 0 atom stereocenters. The number of hydrogen-bond acceptors (Lipinski definition) is 2. The average Bonchev–Trinajstić information content (AvgIpc) is 2.69. The molecule has 2 aromatic rings. The fourth-order valence-corrected chi connectivity index (χ4v) is 1.87. The van der Waals surface area contributed by atoms with Gasteiger partial charge in [0.15, 0.2) is 0 Å². The van der Waals surface area contributed by atoms with Crippen LogP contribution in [0.3, 0.4) is 0 Å². The van der Waals surface area contributed by atoms with Gasteiger partial charge in [0.05, 0.1) is 10.7 Å². The van der Waals surface area contributed by atoms with Gasteiger partial charge in [0.1, 0.15) is 18.2 Å². The third-order valence-electron chi connectivity index (χ3n) is 2.58. The van der Waals surface area contributed by atoms with Crippen molar-refractivity contribution in [3.8, 4) is 5.75 Å². The maximum atomic E-state index is 6.00. The predicted molar refractivity (Wildman–Crippen MR) is 68.4 cm³/mol. The number of aromatic nitrogens is 2. The van der Waals surface area contributed by atoms with Crippen molar-refractivity contribution < 1.29 is 4.74 Å². The Morgan fingerprint density at radius 3 is 2.76 bits per heavy atom. The van der Waals surface area contributed by atoms with Crippen LogP contribution in [-0.4, -0.2) is 9.55 Å². The summed E-state index contributed by atoms with van der Waals surface area (Å²) in [5, 5.41) is 0.624. The summed E-state index contributed by atoms with van der Waals surface area (Å²) in [6.45, 7) is 5.44. The molecule has 0 aliphatic heterocycles. The number of aryl methyl sites for hydroxylation is 2. The highest BCUT2D eigenvalue weighted by atomic mass is 35.5. The lowest BCUT2D eigenvalue weighted by Gasteiger charge is -2.05. The topological polar surface area (TPSA) is 27.1 Å². The molecule has 0 saturated carbocycles. The van der Waals surface area contributed by atoms with Crippen LogP contribution in [0.2, 0.25) is 5.02 Å². The number of benzene rings is 1. The third kappa shape index (κ3) is 2.80.